The quantitative estimate of drug-likeness (QED) is 0.529. The molecule has 150 valence electrons. The standard InChI is InChI=1S/C21H22N6O2.H2/c1-6-14(10-22-2)27-20-16-7-15(13-9-24-25(3)12-13)19(29-5)8-17(16)23-11-18(20)26(4)21(27)28;/h6-12,22H,1H2,2-5H3;1H/b14-10+;. The molecule has 0 aliphatic rings. The van der Waals surface area contributed by atoms with Gasteiger partial charge in [-0.1, -0.05) is 6.58 Å². The van der Waals surface area contributed by atoms with Crippen LogP contribution in [0.3, 0.4) is 0 Å². The van der Waals surface area contributed by atoms with Gasteiger partial charge in [-0.15, -0.1) is 0 Å². The van der Waals surface area contributed by atoms with Crippen LogP contribution in [-0.4, -0.2) is 38.1 Å². The summed E-state index contributed by atoms with van der Waals surface area (Å²) in [5.74, 6) is 0.692. The molecule has 3 heterocycles. The van der Waals surface area contributed by atoms with E-state index in [1.165, 1.54) is 0 Å². The topological polar surface area (TPSA) is 78.9 Å². The first-order valence-electron chi connectivity index (χ1n) is 9.07. The third-order valence-corrected chi connectivity index (χ3v) is 4.98. The summed E-state index contributed by atoms with van der Waals surface area (Å²) in [5.41, 5.74) is 4.49. The number of nitrogens with zero attached hydrogens (tertiary/aromatic N) is 5. The fraction of sp³-hybridized carbons (Fsp3) is 0.190. The number of benzene rings is 1. The Kier molecular flexibility index (Phi) is 4.46. The van der Waals surface area contributed by atoms with Crippen LogP contribution >= 0.6 is 0 Å². The molecule has 8 nitrogen and oxygen atoms in total. The third kappa shape index (κ3) is 2.80. The second-order valence-corrected chi connectivity index (χ2v) is 6.70. The van der Waals surface area contributed by atoms with Crippen molar-refractivity contribution in [2.75, 3.05) is 14.2 Å². The van der Waals surface area contributed by atoms with Crippen LogP contribution in [0.15, 0.2) is 54.4 Å². The van der Waals surface area contributed by atoms with Crippen LogP contribution in [0, 0.1) is 0 Å². The molecule has 0 fully saturated rings. The smallest absolute Gasteiger partial charge is 0.333 e. The molecule has 1 aromatic carbocycles. The molecule has 0 unspecified atom stereocenters. The van der Waals surface area contributed by atoms with E-state index in [0.717, 1.165) is 33.1 Å². The van der Waals surface area contributed by atoms with Gasteiger partial charge in [-0.25, -0.2) is 4.79 Å². The highest BCUT2D eigenvalue weighted by atomic mass is 16.5. The second kappa shape index (κ2) is 6.97. The molecule has 1 N–H and O–H groups in total. The highest BCUT2D eigenvalue weighted by molar-refractivity contribution is 6.06. The van der Waals surface area contributed by atoms with Crippen molar-refractivity contribution in [3.8, 4) is 16.9 Å². The number of aromatic nitrogens is 5. The number of methoxy groups -OCH3 is 1. The predicted octanol–water partition coefficient (Wildman–Crippen LogP) is 2.75. The molecule has 0 aliphatic heterocycles. The molecule has 0 spiro atoms. The van der Waals surface area contributed by atoms with Gasteiger partial charge in [0.2, 0.25) is 0 Å². The van der Waals surface area contributed by atoms with Gasteiger partial charge in [0.25, 0.3) is 0 Å². The summed E-state index contributed by atoms with van der Waals surface area (Å²) in [7, 11) is 7.01. The van der Waals surface area contributed by atoms with E-state index in [9.17, 15) is 4.79 Å². The van der Waals surface area contributed by atoms with Gasteiger partial charge >= 0.3 is 5.69 Å². The van der Waals surface area contributed by atoms with Gasteiger partial charge in [-0.3, -0.25) is 18.8 Å². The molecule has 0 bridgehead atoms. The Labute approximate surface area is 168 Å². The van der Waals surface area contributed by atoms with E-state index >= 15 is 0 Å². The fourth-order valence-electron chi connectivity index (χ4n) is 3.58. The summed E-state index contributed by atoms with van der Waals surface area (Å²) in [5, 5.41) is 8.08. The largest absolute Gasteiger partial charge is 0.496 e. The van der Waals surface area contributed by atoms with Crippen LogP contribution in [-0.2, 0) is 14.1 Å². The van der Waals surface area contributed by atoms with E-state index in [0.29, 0.717) is 11.4 Å². The number of hydrogen-bond acceptors (Lipinski definition) is 5. The molecule has 0 amide bonds. The Morgan fingerprint density at radius 2 is 2.10 bits per heavy atom. The van der Waals surface area contributed by atoms with Crippen LogP contribution in [0.2, 0.25) is 0 Å². The van der Waals surface area contributed by atoms with E-state index in [1.807, 2.05) is 25.4 Å². The zero-order chi connectivity index (χ0) is 20.7. The summed E-state index contributed by atoms with van der Waals surface area (Å²) in [4.78, 5) is 17.6. The van der Waals surface area contributed by atoms with Crippen LogP contribution < -0.4 is 15.7 Å². The van der Waals surface area contributed by atoms with Crippen molar-refractivity contribution >= 4 is 27.6 Å². The van der Waals surface area contributed by atoms with E-state index in [-0.39, 0.29) is 7.12 Å². The monoisotopic (exact) mass is 392 g/mol. The van der Waals surface area contributed by atoms with Gasteiger partial charge in [0, 0.05) is 57.5 Å². The van der Waals surface area contributed by atoms with Crippen LogP contribution in [0.5, 0.6) is 5.75 Å². The van der Waals surface area contributed by atoms with Gasteiger partial charge in [-0.2, -0.15) is 5.10 Å². The maximum absolute atomic E-state index is 13.0. The van der Waals surface area contributed by atoms with Crippen molar-refractivity contribution < 1.29 is 6.16 Å². The number of fused-ring (bicyclic) bond motifs is 3. The van der Waals surface area contributed by atoms with E-state index in [2.05, 4.69) is 22.0 Å². The van der Waals surface area contributed by atoms with Crippen molar-refractivity contribution in [1.82, 2.24) is 29.2 Å². The van der Waals surface area contributed by atoms with E-state index in [4.69, 9.17) is 4.74 Å². The number of hydrogen-bond donors (Lipinski definition) is 1. The predicted molar refractivity (Wildman–Crippen MR) is 117 cm³/mol. The zero-order valence-corrected chi connectivity index (χ0v) is 16.8. The Bertz CT molecular complexity index is 1350. The minimum Gasteiger partial charge on any atom is -0.496 e. The number of nitrogens with one attached hydrogen (secondary N) is 1. The fourth-order valence-corrected chi connectivity index (χ4v) is 3.58. The number of rotatable bonds is 5. The van der Waals surface area contributed by atoms with Crippen LogP contribution in [0.1, 0.15) is 1.43 Å². The summed E-state index contributed by atoms with van der Waals surface area (Å²) in [6.07, 6.45) is 8.80. The number of allylic oxidation sites excluding steroid dienone is 2. The molecule has 3 aromatic heterocycles. The van der Waals surface area contributed by atoms with Crippen molar-refractivity contribution in [3.05, 3.63) is 60.1 Å². The number of imidazole rings is 1. The Hall–Kier alpha value is -3.81. The highest BCUT2D eigenvalue weighted by Crippen LogP contribution is 2.36. The van der Waals surface area contributed by atoms with Crippen molar-refractivity contribution in [3.63, 3.8) is 0 Å². The molecule has 8 heteroatoms. The number of pyridine rings is 1. The Morgan fingerprint density at radius 3 is 2.72 bits per heavy atom. The summed E-state index contributed by atoms with van der Waals surface area (Å²) in [6, 6.07) is 3.88. The molecule has 0 atom stereocenters. The average Bonchev–Trinajstić information content (AvgIpc) is 3.27. The second-order valence-electron chi connectivity index (χ2n) is 6.70. The van der Waals surface area contributed by atoms with E-state index < -0.39 is 0 Å². The molecule has 4 rings (SSSR count). The van der Waals surface area contributed by atoms with Crippen molar-refractivity contribution in [1.29, 1.82) is 0 Å². The molecule has 4 aromatic rings. The summed E-state index contributed by atoms with van der Waals surface area (Å²) < 4.78 is 10.6. The minimum absolute atomic E-state index is 0. The van der Waals surface area contributed by atoms with Crippen molar-refractivity contribution in [2.24, 2.45) is 14.1 Å². The lowest BCUT2D eigenvalue weighted by atomic mass is 10.0. The zero-order valence-electron chi connectivity index (χ0n) is 16.8. The highest BCUT2D eigenvalue weighted by Gasteiger charge is 2.19. The average molecular weight is 392 g/mol. The summed E-state index contributed by atoms with van der Waals surface area (Å²) >= 11 is 0. The van der Waals surface area contributed by atoms with Gasteiger partial charge in [0.1, 0.15) is 5.75 Å². The molecule has 0 radical (unpaired) electrons. The molecule has 29 heavy (non-hydrogen) atoms. The first kappa shape index (κ1) is 18.5. The van der Waals surface area contributed by atoms with Crippen LogP contribution in [0.25, 0.3) is 38.8 Å². The lowest BCUT2D eigenvalue weighted by Crippen LogP contribution is -2.21. The Balaban J connectivity index is 0.00000256. The summed E-state index contributed by atoms with van der Waals surface area (Å²) in [6.45, 7) is 3.86. The SMILES string of the molecule is C=C/C(=C\NC)n1c(=O)n(C)c2cnc3cc(OC)c(-c4cnn(C)c4)cc3c21.[HH]. The molecule has 0 saturated carbocycles. The van der Waals surface area contributed by atoms with Gasteiger partial charge in [0.05, 0.1) is 41.8 Å². The molecule has 0 saturated heterocycles. The van der Waals surface area contributed by atoms with E-state index in [1.54, 1.807) is 59.7 Å². The first-order valence-corrected chi connectivity index (χ1v) is 9.07. The van der Waals surface area contributed by atoms with Gasteiger partial charge in [0.15, 0.2) is 0 Å². The van der Waals surface area contributed by atoms with Crippen molar-refractivity contribution in [2.45, 2.75) is 0 Å². The maximum atomic E-state index is 13.0. The van der Waals surface area contributed by atoms with Gasteiger partial charge < -0.3 is 10.1 Å². The first-order chi connectivity index (χ1) is 14.0. The number of aryl methyl sites for hydroxylation is 2. The lowest BCUT2D eigenvalue weighted by Gasteiger charge is -2.11. The van der Waals surface area contributed by atoms with Gasteiger partial charge in [-0.05, 0) is 12.1 Å². The lowest BCUT2D eigenvalue weighted by molar-refractivity contribution is 0.417. The number of ether oxygens (including phenoxy) is 1. The minimum atomic E-state index is -0.172. The van der Waals surface area contributed by atoms with Crippen LogP contribution in [0.4, 0.5) is 0 Å². The maximum Gasteiger partial charge on any atom is 0.333 e. The molecular weight excluding hydrogens is 368 g/mol. The normalized spacial score (nSPS) is 11.9. The third-order valence-electron chi connectivity index (χ3n) is 4.98. The Morgan fingerprint density at radius 1 is 1.31 bits per heavy atom. The molecule has 0 aliphatic carbocycles. The molecular formula is C21H24N6O2.